The predicted molar refractivity (Wildman–Crippen MR) is 71.4 cm³/mol. The third-order valence-corrected chi connectivity index (χ3v) is 4.45. The van der Waals surface area contributed by atoms with Crippen LogP contribution < -0.4 is 5.32 Å². The Bertz CT molecular complexity index is 361. The van der Waals surface area contributed by atoms with Crippen molar-refractivity contribution in [2.24, 2.45) is 0 Å². The maximum Gasteiger partial charge on any atom is 0.328 e. The largest absolute Gasteiger partial charge is 0.468 e. The summed E-state index contributed by atoms with van der Waals surface area (Å²) in [5, 5.41) is 3.12. The Morgan fingerprint density at radius 1 is 1.59 bits per heavy atom. The molecule has 1 atom stereocenters. The monoisotopic (exact) mass is 321 g/mol. The van der Waals surface area contributed by atoms with Gasteiger partial charge in [-0.05, 0) is 28.9 Å². The van der Waals surface area contributed by atoms with E-state index in [9.17, 15) is 4.79 Å². The van der Waals surface area contributed by atoms with E-state index in [-0.39, 0.29) is 5.97 Å². The Morgan fingerprint density at radius 2 is 2.29 bits per heavy atom. The first-order valence-corrected chi connectivity index (χ1v) is 6.77. The van der Waals surface area contributed by atoms with Gasteiger partial charge in [-0.3, -0.25) is 5.32 Å². The second kappa shape index (κ2) is 7.10. The lowest BCUT2D eigenvalue weighted by molar-refractivity contribution is -0.143. The van der Waals surface area contributed by atoms with Crippen molar-refractivity contribution in [2.75, 3.05) is 27.4 Å². The van der Waals surface area contributed by atoms with Crippen molar-refractivity contribution in [2.45, 2.75) is 13.0 Å². The molecule has 1 N–H and O–H groups in total. The lowest BCUT2D eigenvalue weighted by Gasteiger charge is -2.14. The fourth-order valence-electron chi connectivity index (χ4n) is 1.35. The Balaban J connectivity index is 2.78. The molecular weight excluding hydrogens is 306 g/mol. The molecule has 1 rings (SSSR count). The zero-order valence-corrected chi connectivity index (χ0v) is 12.5. The molecule has 0 amide bonds. The first kappa shape index (κ1) is 14.6. The van der Waals surface area contributed by atoms with E-state index in [1.807, 2.05) is 13.0 Å². The maximum absolute atomic E-state index is 11.7. The van der Waals surface area contributed by atoms with Crippen molar-refractivity contribution < 1.29 is 14.3 Å². The fraction of sp³-hybridized carbons (Fsp3) is 0.545. The van der Waals surface area contributed by atoms with Crippen LogP contribution in [-0.4, -0.2) is 33.3 Å². The lowest BCUT2D eigenvalue weighted by Crippen LogP contribution is -2.31. The van der Waals surface area contributed by atoms with Crippen LogP contribution in [0.3, 0.4) is 0 Å². The van der Waals surface area contributed by atoms with Crippen LogP contribution in [0.15, 0.2) is 10.5 Å². The average Bonchev–Trinajstić information content (AvgIpc) is 2.64. The molecule has 96 valence electrons. The molecule has 0 aliphatic heterocycles. The number of ether oxygens (including phenoxy) is 2. The van der Waals surface area contributed by atoms with E-state index in [4.69, 9.17) is 9.47 Å². The van der Waals surface area contributed by atoms with Gasteiger partial charge in [0.1, 0.15) is 6.04 Å². The summed E-state index contributed by atoms with van der Waals surface area (Å²) in [7, 11) is 3.02. The quantitative estimate of drug-likeness (QED) is 0.645. The average molecular weight is 322 g/mol. The van der Waals surface area contributed by atoms with Crippen LogP contribution >= 0.6 is 27.3 Å². The smallest absolute Gasteiger partial charge is 0.328 e. The lowest BCUT2D eigenvalue weighted by atomic mass is 10.2. The highest BCUT2D eigenvalue weighted by Crippen LogP contribution is 2.31. The van der Waals surface area contributed by atoms with E-state index in [0.29, 0.717) is 13.2 Å². The van der Waals surface area contributed by atoms with E-state index in [2.05, 4.69) is 21.2 Å². The normalized spacial score (nSPS) is 12.5. The van der Waals surface area contributed by atoms with Crippen molar-refractivity contribution >= 4 is 33.2 Å². The van der Waals surface area contributed by atoms with Gasteiger partial charge in [-0.15, -0.1) is 11.3 Å². The number of methoxy groups -OCH3 is 2. The molecule has 0 spiro atoms. The minimum absolute atomic E-state index is 0.283. The molecule has 0 radical (unpaired) electrons. The van der Waals surface area contributed by atoms with E-state index in [1.54, 1.807) is 18.4 Å². The first-order valence-electron chi connectivity index (χ1n) is 5.16. The van der Waals surface area contributed by atoms with Gasteiger partial charge in [-0.25, -0.2) is 4.79 Å². The highest BCUT2D eigenvalue weighted by atomic mass is 79.9. The summed E-state index contributed by atoms with van der Waals surface area (Å²) in [5.41, 5.74) is 0. The molecule has 0 saturated carbocycles. The summed E-state index contributed by atoms with van der Waals surface area (Å²) in [6.07, 6.45) is 0. The van der Waals surface area contributed by atoms with E-state index in [1.165, 1.54) is 7.11 Å². The Morgan fingerprint density at radius 3 is 2.76 bits per heavy atom. The van der Waals surface area contributed by atoms with Gasteiger partial charge in [-0.1, -0.05) is 0 Å². The summed E-state index contributed by atoms with van der Waals surface area (Å²) in [6.45, 7) is 3.16. The molecule has 1 aromatic rings. The van der Waals surface area contributed by atoms with Crippen LogP contribution in [0.4, 0.5) is 0 Å². The van der Waals surface area contributed by atoms with E-state index < -0.39 is 6.04 Å². The summed E-state index contributed by atoms with van der Waals surface area (Å²) in [6, 6.07) is 1.52. The molecule has 0 aromatic carbocycles. The van der Waals surface area contributed by atoms with Gasteiger partial charge in [-0.2, -0.15) is 0 Å². The summed E-state index contributed by atoms with van der Waals surface area (Å²) in [5.74, 6) is -0.283. The Kier molecular flexibility index (Phi) is 6.11. The van der Waals surface area contributed by atoms with E-state index in [0.717, 1.165) is 14.2 Å². The van der Waals surface area contributed by atoms with E-state index >= 15 is 0 Å². The van der Waals surface area contributed by atoms with Gasteiger partial charge in [0.2, 0.25) is 0 Å². The topological polar surface area (TPSA) is 47.6 Å². The zero-order chi connectivity index (χ0) is 12.8. The third-order valence-electron chi connectivity index (χ3n) is 2.25. The zero-order valence-electron chi connectivity index (χ0n) is 10.1. The number of esters is 1. The second-order valence-electron chi connectivity index (χ2n) is 3.46. The van der Waals surface area contributed by atoms with Gasteiger partial charge in [0.05, 0.1) is 13.7 Å². The number of rotatable bonds is 6. The van der Waals surface area contributed by atoms with Crippen LogP contribution in [-0.2, 0) is 14.3 Å². The maximum atomic E-state index is 11.7. The van der Waals surface area contributed by atoms with Gasteiger partial charge >= 0.3 is 5.97 Å². The van der Waals surface area contributed by atoms with Crippen LogP contribution in [0.1, 0.15) is 15.8 Å². The number of thiophene rings is 1. The molecule has 17 heavy (non-hydrogen) atoms. The Labute approximate surface area is 113 Å². The van der Waals surface area contributed by atoms with Crippen molar-refractivity contribution in [1.29, 1.82) is 0 Å². The number of hydrogen-bond acceptors (Lipinski definition) is 5. The molecule has 0 fully saturated rings. The minimum Gasteiger partial charge on any atom is -0.468 e. The number of carbonyl (C=O) groups excluding carboxylic acids is 1. The number of carbonyl (C=O) groups is 1. The number of hydrogen-bond donors (Lipinski definition) is 1. The summed E-state index contributed by atoms with van der Waals surface area (Å²) < 4.78 is 10.8. The molecule has 6 heteroatoms. The second-order valence-corrected chi connectivity index (χ2v) is 5.60. The van der Waals surface area contributed by atoms with Crippen LogP contribution in [0.5, 0.6) is 0 Å². The molecule has 0 saturated heterocycles. The fourth-order valence-corrected chi connectivity index (χ4v) is 2.97. The van der Waals surface area contributed by atoms with Crippen LogP contribution in [0, 0.1) is 6.92 Å². The molecule has 1 unspecified atom stereocenters. The number of nitrogens with one attached hydrogen (secondary N) is 1. The van der Waals surface area contributed by atoms with Crippen LogP contribution in [0.25, 0.3) is 0 Å². The minimum atomic E-state index is -0.426. The van der Waals surface area contributed by atoms with Crippen molar-refractivity contribution in [3.63, 3.8) is 0 Å². The molecule has 0 bridgehead atoms. The third kappa shape index (κ3) is 4.06. The van der Waals surface area contributed by atoms with Gasteiger partial charge < -0.3 is 9.47 Å². The van der Waals surface area contributed by atoms with Crippen molar-refractivity contribution in [3.8, 4) is 0 Å². The molecule has 0 aliphatic rings. The molecule has 1 heterocycles. The van der Waals surface area contributed by atoms with Crippen molar-refractivity contribution in [1.82, 2.24) is 5.32 Å². The molecule has 1 aromatic heterocycles. The summed E-state index contributed by atoms with van der Waals surface area (Å²) >= 11 is 5.02. The molecule has 4 nitrogen and oxygen atoms in total. The SMILES string of the molecule is COCCNC(C(=O)OC)c1cc(Br)c(C)s1. The highest BCUT2D eigenvalue weighted by molar-refractivity contribution is 9.10. The van der Waals surface area contributed by atoms with Gasteiger partial charge in [0, 0.05) is 27.9 Å². The first-order chi connectivity index (χ1) is 8.10. The van der Waals surface area contributed by atoms with Gasteiger partial charge in [0.15, 0.2) is 0 Å². The summed E-state index contributed by atoms with van der Waals surface area (Å²) in [4.78, 5) is 13.8. The molecular formula is C11H16BrNO3S. The number of halogens is 1. The molecule has 0 aliphatic carbocycles. The predicted octanol–water partition coefficient (Wildman–Crippen LogP) is 2.27. The van der Waals surface area contributed by atoms with Crippen molar-refractivity contribution in [3.05, 3.63) is 20.3 Å². The standard InChI is InChI=1S/C11H16BrNO3S/c1-7-8(12)6-9(17-7)10(11(14)16-3)13-4-5-15-2/h6,10,13H,4-5H2,1-3H3. The van der Waals surface area contributed by atoms with Gasteiger partial charge in [0.25, 0.3) is 0 Å². The number of aryl methyl sites for hydroxylation is 1. The Hall–Kier alpha value is -0.430. The van der Waals surface area contributed by atoms with Crippen LogP contribution in [0.2, 0.25) is 0 Å². The highest BCUT2D eigenvalue weighted by Gasteiger charge is 2.23.